The first-order chi connectivity index (χ1) is 10.3. The molecule has 1 aliphatic rings. The van der Waals surface area contributed by atoms with Crippen LogP contribution in [0.4, 0.5) is 0 Å². The number of methoxy groups -OCH3 is 2. The predicted molar refractivity (Wildman–Crippen MR) is 81.5 cm³/mol. The normalized spacial score (nSPS) is 13.8. The van der Waals surface area contributed by atoms with Crippen LogP contribution < -0.4 is 5.32 Å². The van der Waals surface area contributed by atoms with Gasteiger partial charge in [0.05, 0.1) is 13.2 Å². The van der Waals surface area contributed by atoms with E-state index >= 15 is 0 Å². The smallest absolute Gasteiger partial charge is 0.254 e. The summed E-state index contributed by atoms with van der Waals surface area (Å²) >= 11 is 0. The molecule has 0 atom stereocenters. The number of amides is 1. The van der Waals surface area contributed by atoms with E-state index in [9.17, 15) is 4.79 Å². The Labute approximate surface area is 126 Å². The summed E-state index contributed by atoms with van der Waals surface area (Å²) in [5, 5.41) is 3.34. The number of ether oxygens (including phenoxy) is 2. The summed E-state index contributed by atoms with van der Waals surface area (Å²) in [6, 6.07) is 6.02. The average Bonchev–Trinajstić information content (AvgIpc) is 2.54. The topological polar surface area (TPSA) is 50.8 Å². The largest absolute Gasteiger partial charge is 0.383 e. The van der Waals surface area contributed by atoms with Gasteiger partial charge in [-0.3, -0.25) is 4.79 Å². The van der Waals surface area contributed by atoms with E-state index in [4.69, 9.17) is 9.47 Å². The molecule has 1 aliphatic heterocycles. The van der Waals surface area contributed by atoms with Gasteiger partial charge in [0, 0.05) is 39.4 Å². The number of hydrogen-bond acceptors (Lipinski definition) is 4. The van der Waals surface area contributed by atoms with E-state index in [1.165, 1.54) is 11.1 Å². The third-order valence-corrected chi connectivity index (χ3v) is 3.76. The average molecular weight is 292 g/mol. The molecule has 1 heterocycles. The molecule has 5 heteroatoms. The SMILES string of the molecule is COCCN(CCOC)C(=O)c1ccc2c(c1)CNCC2. The summed E-state index contributed by atoms with van der Waals surface area (Å²) in [4.78, 5) is 14.4. The fraction of sp³-hybridized carbons (Fsp3) is 0.562. The zero-order chi connectivity index (χ0) is 15.1. The Balaban J connectivity index is 2.11. The van der Waals surface area contributed by atoms with Crippen molar-refractivity contribution in [1.29, 1.82) is 0 Å². The minimum absolute atomic E-state index is 0.0393. The highest BCUT2D eigenvalue weighted by atomic mass is 16.5. The third-order valence-electron chi connectivity index (χ3n) is 3.76. The summed E-state index contributed by atoms with van der Waals surface area (Å²) in [5.41, 5.74) is 3.31. The number of benzene rings is 1. The van der Waals surface area contributed by atoms with Gasteiger partial charge in [0.1, 0.15) is 0 Å². The molecule has 0 radical (unpaired) electrons. The Bertz CT molecular complexity index is 469. The van der Waals surface area contributed by atoms with E-state index in [2.05, 4.69) is 11.4 Å². The molecule has 1 N–H and O–H groups in total. The Morgan fingerprint density at radius 1 is 1.19 bits per heavy atom. The molecular formula is C16H24N2O3. The van der Waals surface area contributed by atoms with Crippen molar-refractivity contribution < 1.29 is 14.3 Å². The van der Waals surface area contributed by atoms with Crippen LogP contribution >= 0.6 is 0 Å². The summed E-state index contributed by atoms with van der Waals surface area (Å²) in [5.74, 6) is 0.0393. The molecule has 0 spiro atoms. The third kappa shape index (κ3) is 4.27. The van der Waals surface area contributed by atoms with Gasteiger partial charge < -0.3 is 19.7 Å². The molecule has 0 saturated heterocycles. The first-order valence-corrected chi connectivity index (χ1v) is 7.36. The van der Waals surface area contributed by atoms with Crippen LogP contribution in [0.1, 0.15) is 21.5 Å². The number of hydrogen-bond donors (Lipinski definition) is 1. The molecule has 0 aromatic heterocycles. The highest BCUT2D eigenvalue weighted by Gasteiger charge is 2.17. The summed E-state index contributed by atoms with van der Waals surface area (Å²) < 4.78 is 10.2. The van der Waals surface area contributed by atoms with Crippen LogP contribution in [0.25, 0.3) is 0 Å². The zero-order valence-electron chi connectivity index (χ0n) is 12.9. The molecule has 0 aliphatic carbocycles. The lowest BCUT2D eigenvalue weighted by molar-refractivity contribution is 0.0627. The van der Waals surface area contributed by atoms with Crippen LogP contribution in [0.15, 0.2) is 18.2 Å². The van der Waals surface area contributed by atoms with Crippen LogP contribution in [0, 0.1) is 0 Å². The molecule has 0 unspecified atom stereocenters. The van der Waals surface area contributed by atoms with Crippen molar-refractivity contribution in [3.8, 4) is 0 Å². The minimum atomic E-state index is 0.0393. The van der Waals surface area contributed by atoms with Gasteiger partial charge in [-0.05, 0) is 36.2 Å². The summed E-state index contributed by atoms with van der Waals surface area (Å²) in [6.07, 6.45) is 1.03. The maximum absolute atomic E-state index is 12.6. The number of rotatable bonds is 7. The molecule has 0 saturated carbocycles. The van der Waals surface area contributed by atoms with Crippen molar-refractivity contribution >= 4 is 5.91 Å². The van der Waals surface area contributed by atoms with Gasteiger partial charge in [0.25, 0.3) is 5.91 Å². The quantitative estimate of drug-likeness (QED) is 0.817. The lowest BCUT2D eigenvalue weighted by Crippen LogP contribution is -2.36. The minimum Gasteiger partial charge on any atom is -0.383 e. The van der Waals surface area contributed by atoms with E-state index < -0.39 is 0 Å². The van der Waals surface area contributed by atoms with Crippen molar-refractivity contribution in [2.24, 2.45) is 0 Å². The van der Waals surface area contributed by atoms with Crippen molar-refractivity contribution in [3.63, 3.8) is 0 Å². The molecule has 1 aromatic rings. The van der Waals surface area contributed by atoms with E-state index in [0.29, 0.717) is 26.3 Å². The summed E-state index contributed by atoms with van der Waals surface area (Å²) in [6.45, 7) is 4.06. The lowest BCUT2D eigenvalue weighted by atomic mass is 9.98. The maximum atomic E-state index is 12.6. The van der Waals surface area contributed by atoms with Crippen LogP contribution in [0.3, 0.4) is 0 Å². The monoisotopic (exact) mass is 292 g/mol. The second-order valence-electron chi connectivity index (χ2n) is 5.19. The van der Waals surface area contributed by atoms with Gasteiger partial charge >= 0.3 is 0 Å². The van der Waals surface area contributed by atoms with Gasteiger partial charge in [-0.15, -0.1) is 0 Å². The Morgan fingerprint density at radius 2 is 1.90 bits per heavy atom. The first kappa shape index (κ1) is 15.9. The van der Waals surface area contributed by atoms with E-state index in [1.54, 1.807) is 19.1 Å². The highest BCUT2D eigenvalue weighted by molar-refractivity contribution is 5.94. The Morgan fingerprint density at radius 3 is 2.57 bits per heavy atom. The van der Waals surface area contributed by atoms with Crippen molar-refractivity contribution in [1.82, 2.24) is 10.2 Å². The van der Waals surface area contributed by atoms with E-state index in [1.807, 2.05) is 12.1 Å². The first-order valence-electron chi connectivity index (χ1n) is 7.36. The number of fused-ring (bicyclic) bond motifs is 1. The Kier molecular flexibility index (Phi) is 6.17. The van der Waals surface area contributed by atoms with Crippen LogP contribution in [0.5, 0.6) is 0 Å². The summed E-state index contributed by atoms with van der Waals surface area (Å²) in [7, 11) is 3.28. The molecule has 5 nitrogen and oxygen atoms in total. The standard InChI is InChI=1S/C16H24N2O3/c1-20-9-7-18(8-10-21-2)16(19)14-4-3-13-5-6-17-12-15(13)11-14/h3-4,11,17H,5-10,12H2,1-2H3. The second-order valence-corrected chi connectivity index (χ2v) is 5.19. The molecule has 116 valence electrons. The van der Waals surface area contributed by atoms with Gasteiger partial charge in [-0.1, -0.05) is 6.07 Å². The van der Waals surface area contributed by atoms with E-state index in [-0.39, 0.29) is 5.91 Å². The molecule has 2 rings (SSSR count). The Hall–Kier alpha value is -1.43. The van der Waals surface area contributed by atoms with Gasteiger partial charge in [-0.25, -0.2) is 0 Å². The second kappa shape index (κ2) is 8.12. The molecular weight excluding hydrogens is 268 g/mol. The molecule has 1 amide bonds. The van der Waals surface area contributed by atoms with Gasteiger partial charge in [0.15, 0.2) is 0 Å². The maximum Gasteiger partial charge on any atom is 0.254 e. The van der Waals surface area contributed by atoms with Crippen LogP contribution in [-0.4, -0.2) is 57.9 Å². The van der Waals surface area contributed by atoms with Crippen LogP contribution in [-0.2, 0) is 22.4 Å². The van der Waals surface area contributed by atoms with Crippen molar-refractivity contribution in [3.05, 3.63) is 34.9 Å². The number of nitrogens with zero attached hydrogens (tertiary/aromatic N) is 1. The number of carbonyl (C=O) groups is 1. The molecule has 0 bridgehead atoms. The molecule has 1 aromatic carbocycles. The van der Waals surface area contributed by atoms with Gasteiger partial charge in [0.2, 0.25) is 0 Å². The fourth-order valence-corrected chi connectivity index (χ4v) is 2.51. The van der Waals surface area contributed by atoms with Crippen molar-refractivity contribution in [2.45, 2.75) is 13.0 Å². The molecule has 0 fully saturated rings. The van der Waals surface area contributed by atoms with Gasteiger partial charge in [-0.2, -0.15) is 0 Å². The predicted octanol–water partition coefficient (Wildman–Crippen LogP) is 1.07. The molecule has 21 heavy (non-hydrogen) atoms. The fourth-order valence-electron chi connectivity index (χ4n) is 2.51. The number of carbonyl (C=O) groups excluding carboxylic acids is 1. The number of nitrogens with one attached hydrogen (secondary N) is 1. The zero-order valence-corrected chi connectivity index (χ0v) is 12.9. The highest BCUT2D eigenvalue weighted by Crippen LogP contribution is 2.17. The van der Waals surface area contributed by atoms with Crippen LogP contribution in [0.2, 0.25) is 0 Å². The van der Waals surface area contributed by atoms with E-state index in [0.717, 1.165) is 25.1 Å². The van der Waals surface area contributed by atoms with Crippen molar-refractivity contribution in [2.75, 3.05) is 47.1 Å². The lowest BCUT2D eigenvalue weighted by Gasteiger charge is -2.23.